The molecule has 1 aliphatic rings. The smallest absolute Gasteiger partial charge is 0.423 e. The second kappa shape index (κ2) is 5.52. The van der Waals surface area contributed by atoms with Gasteiger partial charge < -0.3 is 24.7 Å². The molecule has 0 spiro atoms. The van der Waals surface area contributed by atoms with Gasteiger partial charge in [0.25, 0.3) is 11.6 Å². The number of fused-ring (bicyclic) bond motifs is 1. The summed E-state index contributed by atoms with van der Waals surface area (Å²) in [7, 11) is 0. The minimum absolute atomic E-state index is 0.213. The number of aromatic nitrogens is 3. The molecule has 2 aromatic heterocycles. The molecule has 1 amide bonds. The number of carbonyl (C=O) groups excluding carboxylic acids is 1. The van der Waals surface area contributed by atoms with Crippen molar-refractivity contribution in [3.05, 3.63) is 20.9 Å². The van der Waals surface area contributed by atoms with Crippen LogP contribution in [0.1, 0.15) is 19.6 Å². The van der Waals surface area contributed by atoms with E-state index < -0.39 is 35.7 Å². The third kappa shape index (κ3) is 2.59. The number of ether oxygens (including phenoxy) is 1. The van der Waals surface area contributed by atoms with Crippen LogP contribution in [0.5, 0.6) is 6.01 Å². The molecule has 23 heavy (non-hydrogen) atoms. The van der Waals surface area contributed by atoms with Gasteiger partial charge in [-0.05, 0) is 0 Å². The quantitative estimate of drug-likeness (QED) is 0.512. The van der Waals surface area contributed by atoms with Crippen LogP contribution in [-0.2, 0) is 9.53 Å². The van der Waals surface area contributed by atoms with E-state index in [9.17, 15) is 24.6 Å². The maximum Gasteiger partial charge on any atom is 0.423 e. The minimum Gasteiger partial charge on any atom is -0.480 e. The van der Waals surface area contributed by atoms with Crippen molar-refractivity contribution in [1.29, 1.82) is 0 Å². The minimum atomic E-state index is -1.03. The molecule has 11 nitrogen and oxygen atoms in total. The van der Waals surface area contributed by atoms with Gasteiger partial charge in [0.1, 0.15) is 0 Å². The zero-order chi connectivity index (χ0) is 16.7. The molecule has 0 aliphatic carbocycles. The summed E-state index contributed by atoms with van der Waals surface area (Å²) in [4.78, 5) is 40.8. The third-order valence-corrected chi connectivity index (χ3v) is 3.50. The molecule has 1 aliphatic heterocycles. The predicted octanol–water partition coefficient (Wildman–Crippen LogP) is -1.83. The number of aliphatic hydroxyl groups is 1. The van der Waals surface area contributed by atoms with Gasteiger partial charge in [-0.1, -0.05) is 0 Å². The maximum atomic E-state index is 12.1. The second-order valence-electron chi connectivity index (χ2n) is 5.15. The van der Waals surface area contributed by atoms with Gasteiger partial charge in [0.15, 0.2) is 11.9 Å². The first kappa shape index (κ1) is 15.2. The van der Waals surface area contributed by atoms with Crippen LogP contribution in [0.2, 0.25) is 0 Å². The Balaban J connectivity index is 2.14. The number of H-pyrrole nitrogens is 1. The Morgan fingerprint density at radius 2 is 2.26 bits per heavy atom. The molecule has 3 heterocycles. The Bertz CT molecular complexity index is 866. The number of aromatic hydroxyl groups is 1. The van der Waals surface area contributed by atoms with Crippen LogP contribution < -0.4 is 16.6 Å². The first-order valence-corrected chi connectivity index (χ1v) is 6.78. The number of hydrogen-bond donors (Lipinski definition) is 4. The van der Waals surface area contributed by atoms with Crippen LogP contribution in [0.25, 0.3) is 11.2 Å². The van der Waals surface area contributed by atoms with E-state index in [0.29, 0.717) is 0 Å². The van der Waals surface area contributed by atoms with E-state index in [4.69, 9.17) is 9.15 Å². The molecular weight excluding hydrogens is 312 g/mol. The maximum absolute atomic E-state index is 12.1. The number of aromatic amines is 1. The van der Waals surface area contributed by atoms with E-state index in [-0.39, 0.29) is 30.2 Å². The van der Waals surface area contributed by atoms with Crippen molar-refractivity contribution in [3.63, 3.8) is 0 Å². The molecule has 0 saturated carbocycles. The third-order valence-electron chi connectivity index (χ3n) is 3.50. The Morgan fingerprint density at radius 1 is 1.52 bits per heavy atom. The molecule has 3 rings (SSSR count). The fourth-order valence-electron chi connectivity index (χ4n) is 2.64. The molecule has 11 heteroatoms. The number of nitrogens with one attached hydrogen (secondary N) is 2. The largest absolute Gasteiger partial charge is 0.480 e. The number of nitrogens with zero attached hydrogens (tertiary/aromatic N) is 2. The summed E-state index contributed by atoms with van der Waals surface area (Å²) >= 11 is 0. The SMILES string of the molecule is CC(=O)NC1CC(CO)OC1n1c(=O)oc2c(=O)[nH]c(O)nc21. The van der Waals surface area contributed by atoms with Crippen LogP contribution >= 0.6 is 0 Å². The number of aliphatic hydroxyl groups excluding tert-OH is 1. The lowest BCUT2D eigenvalue weighted by atomic mass is 10.1. The van der Waals surface area contributed by atoms with E-state index in [2.05, 4.69) is 10.3 Å². The van der Waals surface area contributed by atoms with Gasteiger partial charge >= 0.3 is 5.76 Å². The number of rotatable bonds is 3. The molecule has 1 saturated heterocycles. The summed E-state index contributed by atoms with van der Waals surface area (Å²) in [5, 5.41) is 21.3. The molecule has 0 radical (unpaired) electrons. The Morgan fingerprint density at radius 3 is 2.91 bits per heavy atom. The average Bonchev–Trinajstić information content (AvgIpc) is 2.99. The van der Waals surface area contributed by atoms with Crippen LogP contribution in [-0.4, -0.2) is 49.4 Å². The highest BCUT2D eigenvalue weighted by Gasteiger charge is 2.39. The van der Waals surface area contributed by atoms with E-state index in [1.165, 1.54) is 6.92 Å². The van der Waals surface area contributed by atoms with Crippen LogP contribution in [0, 0.1) is 0 Å². The number of carbonyl (C=O) groups is 1. The predicted molar refractivity (Wildman–Crippen MR) is 73.8 cm³/mol. The molecule has 2 aromatic rings. The average molecular weight is 326 g/mol. The molecule has 3 atom stereocenters. The van der Waals surface area contributed by atoms with Gasteiger partial charge in [-0.2, -0.15) is 4.98 Å². The van der Waals surface area contributed by atoms with Crippen molar-refractivity contribution >= 4 is 17.1 Å². The second-order valence-corrected chi connectivity index (χ2v) is 5.15. The Kier molecular flexibility index (Phi) is 3.66. The zero-order valence-corrected chi connectivity index (χ0v) is 12.0. The number of amides is 1. The topological polar surface area (TPSA) is 160 Å². The van der Waals surface area contributed by atoms with Crippen LogP contribution in [0.3, 0.4) is 0 Å². The molecule has 0 aromatic carbocycles. The van der Waals surface area contributed by atoms with Gasteiger partial charge in [0.05, 0.1) is 18.8 Å². The normalized spacial score (nSPS) is 24.2. The number of oxazole rings is 1. The van der Waals surface area contributed by atoms with Gasteiger partial charge in [-0.3, -0.25) is 14.6 Å². The summed E-state index contributed by atoms with van der Waals surface area (Å²) in [6.45, 7) is 0.991. The lowest BCUT2D eigenvalue weighted by molar-refractivity contribution is -0.120. The van der Waals surface area contributed by atoms with Gasteiger partial charge in [-0.15, -0.1) is 0 Å². The first-order chi connectivity index (χ1) is 10.9. The molecule has 1 fully saturated rings. The van der Waals surface area contributed by atoms with Crippen molar-refractivity contribution in [1.82, 2.24) is 19.9 Å². The van der Waals surface area contributed by atoms with Crippen LogP contribution in [0.4, 0.5) is 0 Å². The molecule has 124 valence electrons. The van der Waals surface area contributed by atoms with Crippen molar-refractivity contribution in [2.24, 2.45) is 0 Å². The van der Waals surface area contributed by atoms with Crippen molar-refractivity contribution < 1.29 is 24.2 Å². The summed E-state index contributed by atoms with van der Waals surface area (Å²) in [6.07, 6.45) is -1.38. The Labute approximate surface area is 127 Å². The molecule has 3 unspecified atom stereocenters. The summed E-state index contributed by atoms with van der Waals surface area (Å²) in [5.41, 5.74) is -1.41. The van der Waals surface area contributed by atoms with Gasteiger partial charge in [0, 0.05) is 13.3 Å². The highest BCUT2D eigenvalue weighted by Crippen LogP contribution is 2.29. The molecule has 0 bridgehead atoms. The van der Waals surface area contributed by atoms with Gasteiger partial charge in [-0.25, -0.2) is 9.36 Å². The number of hydrogen-bond acceptors (Lipinski definition) is 8. The van der Waals surface area contributed by atoms with Gasteiger partial charge in [0.2, 0.25) is 11.5 Å². The molecule has 4 N–H and O–H groups in total. The van der Waals surface area contributed by atoms with Crippen LogP contribution in [0.15, 0.2) is 14.0 Å². The van der Waals surface area contributed by atoms with Crippen molar-refractivity contribution in [3.8, 4) is 6.01 Å². The summed E-state index contributed by atoms with van der Waals surface area (Å²) < 4.78 is 11.3. The lowest BCUT2D eigenvalue weighted by Gasteiger charge is -2.19. The first-order valence-electron chi connectivity index (χ1n) is 6.78. The van der Waals surface area contributed by atoms with E-state index in [0.717, 1.165) is 4.57 Å². The lowest BCUT2D eigenvalue weighted by Crippen LogP contribution is -2.39. The highest BCUT2D eigenvalue weighted by molar-refractivity contribution is 5.73. The summed E-state index contributed by atoms with van der Waals surface area (Å²) in [5.74, 6) is -1.28. The summed E-state index contributed by atoms with van der Waals surface area (Å²) in [6, 6.07) is -1.32. The standard InChI is InChI=1S/C12H14N4O7/c1-4(18)13-6-2-5(3-17)22-10(6)16-8-7(23-12(16)21)9(19)15-11(20)14-8/h5-6,10,17H,2-3H2,1H3,(H,13,18)(H2,14,15,19,20). The van der Waals surface area contributed by atoms with Crippen molar-refractivity contribution in [2.75, 3.05) is 6.61 Å². The zero-order valence-electron chi connectivity index (χ0n) is 12.0. The highest BCUT2D eigenvalue weighted by atomic mass is 16.5. The fraction of sp³-hybridized carbons (Fsp3) is 0.500. The van der Waals surface area contributed by atoms with E-state index in [1.807, 2.05) is 4.98 Å². The fourth-order valence-corrected chi connectivity index (χ4v) is 2.64. The molecular formula is C12H14N4O7. The van der Waals surface area contributed by atoms with E-state index >= 15 is 0 Å². The van der Waals surface area contributed by atoms with E-state index in [1.54, 1.807) is 0 Å². The Hall–Kier alpha value is -2.66. The van der Waals surface area contributed by atoms with Crippen molar-refractivity contribution in [2.45, 2.75) is 31.7 Å². The monoisotopic (exact) mass is 326 g/mol.